The minimum absolute atomic E-state index is 0. The van der Waals surface area contributed by atoms with Crippen molar-refractivity contribution in [3.63, 3.8) is 0 Å². The lowest BCUT2D eigenvalue weighted by Crippen LogP contribution is -2.23. The SMILES string of the molecule is Cc1cc(N2CCCC2)ccc1/C=C/C1=CCN(C)CC1.Cl. The summed E-state index contributed by atoms with van der Waals surface area (Å²) in [6, 6.07) is 6.89. The fourth-order valence-electron chi connectivity index (χ4n) is 3.15. The van der Waals surface area contributed by atoms with Crippen molar-refractivity contribution in [2.24, 2.45) is 0 Å². The maximum atomic E-state index is 2.50. The van der Waals surface area contributed by atoms with E-state index in [1.807, 2.05) is 0 Å². The Kier molecular flexibility index (Phi) is 6.10. The standard InChI is InChI=1S/C19H26N2.ClH/c1-16-15-19(21-11-3-4-12-21)8-7-18(16)6-5-17-9-13-20(2)14-10-17;/h5-9,15H,3-4,10-14H2,1-2H3;1H/b6-5+;. The molecule has 120 valence electrons. The van der Waals surface area contributed by atoms with Crippen LogP contribution in [0.3, 0.4) is 0 Å². The van der Waals surface area contributed by atoms with Crippen molar-refractivity contribution in [3.8, 4) is 0 Å². The molecule has 1 saturated heterocycles. The molecule has 0 spiro atoms. The van der Waals surface area contributed by atoms with Gasteiger partial charge in [0.2, 0.25) is 0 Å². The highest BCUT2D eigenvalue weighted by Crippen LogP contribution is 2.24. The predicted molar refractivity (Wildman–Crippen MR) is 99.1 cm³/mol. The fourth-order valence-corrected chi connectivity index (χ4v) is 3.15. The van der Waals surface area contributed by atoms with E-state index in [2.05, 4.69) is 60.2 Å². The Morgan fingerprint density at radius 3 is 2.45 bits per heavy atom. The van der Waals surface area contributed by atoms with Crippen LogP contribution in [0.15, 0.2) is 35.9 Å². The second kappa shape index (κ2) is 7.85. The molecule has 1 fully saturated rings. The molecule has 0 bridgehead atoms. The summed E-state index contributed by atoms with van der Waals surface area (Å²) in [5.74, 6) is 0. The minimum Gasteiger partial charge on any atom is -0.372 e. The molecule has 0 radical (unpaired) electrons. The summed E-state index contributed by atoms with van der Waals surface area (Å²) in [7, 11) is 2.18. The molecule has 3 heteroatoms. The van der Waals surface area contributed by atoms with Crippen LogP contribution >= 0.6 is 12.4 Å². The van der Waals surface area contributed by atoms with Crippen LogP contribution in [0, 0.1) is 6.92 Å². The van der Waals surface area contributed by atoms with Crippen LogP contribution in [-0.2, 0) is 0 Å². The van der Waals surface area contributed by atoms with E-state index in [4.69, 9.17) is 0 Å². The molecule has 1 aromatic rings. The number of likely N-dealkylation sites (N-methyl/N-ethyl adjacent to an activating group) is 1. The van der Waals surface area contributed by atoms with Crippen LogP contribution in [-0.4, -0.2) is 38.1 Å². The molecule has 2 aliphatic rings. The monoisotopic (exact) mass is 318 g/mol. The first-order valence-corrected chi connectivity index (χ1v) is 8.13. The molecule has 2 nitrogen and oxygen atoms in total. The van der Waals surface area contributed by atoms with Gasteiger partial charge < -0.3 is 9.80 Å². The van der Waals surface area contributed by atoms with Crippen molar-refractivity contribution in [3.05, 3.63) is 47.1 Å². The molecule has 0 unspecified atom stereocenters. The first kappa shape index (κ1) is 17.1. The van der Waals surface area contributed by atoms with Gasteiger partial charge in [-0.3, -0.25) is 0 Å². The van der Waals surface area contributed by atoms with Crippen molar-refractivity contribution in [2.75, 3.05) is 38.1 Å². The molecule has 0 N–H and O–H groups in total. The van der Waals surface area contributed by atoms with Gasteiger partial charge in [0.25, 0.3) is 0 Å². The smallest absolute Gasteiger partial charge is 0.0369 e. The maximum Gasteiger partial charge on any atom is 0.0369 e. The van der Waals surface area contributed by atoms with Crippen LogP contribution in [0.4, 0.5) is 5.69 Å². The van der Waals surface area contributed by atoms with Crippen LogP contribution < -0.4 is 4.90 Å². The number of anilines is 1. The number of hydrogen-bond acceptors (Lipinski definition) is 2. The Labute approximate surface area is 140 Å². The van der Waals surface area contributed by atoms with Crippen molar-refractivity contribution < 1.29 is 0 Å². The summed E-state index contributed by atoms with van der Waals surface area (Å²) < 4.78 is 0. The summed E-state index contributed by atoms with van der Waals surface area (Å²) >= 11 is 0. The molecule has 2 aliphatic heterocycles. The summed E-state index contributed by atoms with van der Waals surface area (Å²) in [5.41, 5.74) is 5.58. The van der Waals surface area contributed by atoms with E-state index in [1.165, 1.54) is 54.9 Å². The Bertz CT molecular complexity index is 557. The molecule has 0 aromatic heterocycles. The average Bonchev–Trinajstić information content (AvgIpc) is 3.02. The van der Waals surface area contributed by atoms with Crippen LogP contribution in [0.2, 0.25) is 0 Å². The maximum absolute atomic E-state index is 2.50. The van der Waals surface area contributed by atoms with Crippen LogP contribution in [0.25, 0.3) is 6.08 Å². The second-order valence-corrected chi connectivity index (χ2v) is 6.36. The van der Waals surface area contributed by atoms with E-state index in [0.717, 1.165) is 13.0 Å². The molecule has 0 saturated carbocycles. The van der Waals surface area contributed by atoms with Crippen LogP contribution in [0.1, 0.15) is 30.4 Å². The summed E-state index contributed by atoms with van der Waals surface area (Å²) in [4.78, 5) is 4.85. The lowest BCUT2D eigenvalue weighted by atomic mass is 10.0. The number of rotatable bonds is 3. The fraction of sp³-hybridized carbons (Fsp3) is 0.474. The van der Waals surface area contributed by atoms with Crippen molar-refractivity contribution >= 4 is 24.2 Å². The number of nitrogens with zero attached hydrogens (tertiary/aromatic N) is 2. The molecule has 1 aromatic carbocycles. The largest absolute Gasteiger partial charge is 0.372 e. The molecule has 2 heterocycles. The van der Waals surface area contributed by atoms with Crippen molar-refractivity contribution in [1.29, 1.82) is 0 Å². The minimum atomic E-state index is 0. The Morgan fingerprint density at radius 2 is 1.82 bits per heavy atom. The lowest BCUT2D eigenvalue weighted by molar-refractivity contribution is 0.361. The van der Waals surface area contributed by atoms with Gasteiger partial charge in [0.05, 0.1) is 0 Å². The zero-order chi connectivity index (χ0) is 14.7. The van der Waals surface area contributed by atoms with Gasteiger partial charge in [-0.25, -0.2) is 0 Å². The number of allylic oxidation sites excluding steroid dienone is 1. The third-order valence-electron chi connectivity index (χ3n) is 4.65. The quantitative estimate of drug-likeness (QED) is 0.820. The normalized spacial score (nSPS) is 19.4. The molecular weight excluding hydrogens is 292 g/mol. The lowest BCUT2D eigenvalue weighted by Gasteiger charge is -2.20. The van der Waals surface area contributed by atoms with Gasteiger partial charge in [0.1, 0.15) is 0 Å². The molecule has 0 atom stereocenters. The number of hydrogen-bond donors (Lipinski definition) is 0. The summed E-state index contributed by atoms with van der Waals surface area (Å²) in [6.07, 6.45) is 10.8. The Morgan fingerprint density at radius 1 is 1.05 bits per heavy atom. The van der Waals surface area contributed by atoms with Gasteiger partial charge in [-0.1, -0.05) is 24.3 Å². The Balaban J connectivity index is 0.00000176. The third-order valence-corrected chi connectivity index (χ3v) is 4.65. The zero-order valence-corrected chi connectivity index (χ0v) is 14.5. The van der Waals surface area contributed by atoms with Gasteiger partial charge in [-0.05, 0) is 62.1 Å². The van der Waals surface area contributed by atoms with Crippen molar-refractivity contribution in [2.45, 2.75) is 26.2 Å². The molecule has 0 amide bonds. The highest BCUT2D eigenvalue weighted by Gasteiger charge is 2.12. The molecule has 0 aliphatic carbocycles. The Hall–Kier alpha value is -1.25. The van der Waals surface area contributed by atoms with E-state index in [0.29, 0.717) is 0 Å². The van der Waals surface area contributed by atoms with Gasteiger partial charge in [-0.2, -0.15) is 0 Å². The third kappa shape index (κ3) is 4.15. The van der Waals surface area contributed by atoms with Gasteiger partial charge in [0.15, 0.2) is 0 Å². The van der Waals surface area contributed by atoms with E-state index < -0.39 is 0 Å². The van der Waals surface area contributed by atoms with Crippen LogP contribution in [0.5, 0.6) is 0 Å². The number of aryl methyl sites for hydroxylation is 1. The van der Waals surface area contributed by atoms with E-state index in [1.54, 1.807) is 0 Å². The van der Waals surface area contributed by atoms with Gasteiger partial charge in [-0.15, -0.1) is 12.4 Å². The number of benzene rings is 1. The van der Waals surface area contributed by atoms with E-state index >= 15 is 0 Å². The molecule has 22 heavy (non-hydrogen) atoms. The van der Waals surface area contributed by atoms with Crippen molar-refractivity contribution in [1.82, 2.24) is 4.90 Å². The first-order chi connectivity index (χ1) is 10.2. The number of halogens is 1. The zero-order valence-electron chi connectivity index (χ0n) is 13.7. The highest BCUT2D eigenvalue weighted by molar-refractivity contribution is 5.85. The first-order valence-electron chi connectivity index (χ1n) is 8.13. The van der Waals surface area contributed by atoms with Gasteiger partial charge >= 0.3 is 0 Å². The molecule has 3 rings (SSSR count). The topological polar surface area (TPSA) is 6.48 Å². The van der Waals surface area contributed by atoms with E-state index in [9.17, 15) is 0 Å². The predicted octanol–water partition coefficient (Wildman–Crippen LogP) is 4.29. The summed E-state index contributed by atoms with van der Waals surface area (Å²) in [6.45, 7) is 6.90. The average molecular weight is 319 g/mol. The highest BCUT2D eigenvalue weighted by atomic mass is 35.5. The van der Waals surface area contributed by atoms with E-state index in [-0.39, 0.29) is 12.4 Å². The molecular formula is C19H27ClN2. The van der Waals surface area contributed by atoms with Gasteiger partial charge in [0, 0.05) is 31.9 Å². The summed E-state index contributed by atoms with van der Waals surface area (Å²) in [5, 5.41) is 0. The second-order valence-electron chi connectivity index (χ2n) is 6.36.